The van der Waals surface area contributed by atoms with E-state index in [0.717, 1.165) is 5.92 Å². The molecule has 0 amide bonds. The maximum atomic E-state index is 3.67. The molecular weight excluding hydrogens is 136 g/mol. The lowest BCUT2D eigenvalue weighted by Gasteiger charge is -1.79. The van der Waals surface area contributed by atoms with E-state index < -0.39 is 0 Å². The fourth-order valence-corrected chi connectivity index (χ4v) is 0.215. The Bertz CT molecular complexity index is 91.1. The molecule has 0 saturated heterocycles. The summed E-state index contributed by atoms with van der Waals surface area (Å²) in [7, 11) is 0. The molecule has 11 heavy (non-hydrogen) atoms. The van der Waals surface area contributed by atoms with Crippen LogP contribution < -0.4 is 0 Å². The van der Waals surface area contributed by atoms with Gasteiger partial charge in [-0.15, -0.1) is 0 Å². The monoisotopic (exact) mass is 156 g/mol. The summed E-state index contributed by atoms with van der Waals surface area (Å²) in [4.78, 5) is 6.42. The van der Waals surface area contributed by atoms with Crippen LogP contribution in [0.15, 0.2) is 18.7 Å². The SMILES string of the molecule is CC.CC(C)C.c1c[nH]cn1. The topological polar surface area (TPSA) is 28.7 Å². The largest absolute Gasteiger partial charge is 0.351 e. The van der Waals surface area contributed by atoms with Crippen molar-refractivity contribution < 1.29 is 0 Å². The van der Waals surface area contributed by atoms with E-state index in [1.54, 1.807) is 18.7 Å². The number of hydrogen-bond acceptors (Lipinski definition) is 1. The van der Waals surface area contributed by atoms with Gasteiger partial charge >= 0.3 is 0 Å². The van der Waals surface area contributed by atoms with E-state index in [1.807, 2.05) is 13.8 Å². The molecular formula is C9H20N2. The Labute approximate surface area is 70.1 Å². The van der Waals surface area contributed by atoms with Crippen LogP contribution in [-0.2, 0) is 0 Å². The van der Waals surface area contributed by atoms with E-state index in [1.165, 1.54) is 0 Å². The average Bonchev–Trinajstić information content (AvgIpc) is 2.44. The minimum absolute atomic E-state index is 0.833. The number of rotatable bonds is 0. The predicted octanol–water partition coefficient (Wildman–Crippen LogP) is 3.10. The minimum atomic E-state index is 0.833. The zero-order chi connectivity index (χ0) is 9.11. The quantitative estimate of drug-likeness (QED) is 0.614. The van der Waals surface area contributed by atoms with Crippen LogP contribution >= 0.6 is 0 Å². The summed E-state index contributed by atoms with van der Waals surface area (Å²) in [5, 5.41) is 0. The first-order chi connectivity index (χ1) is 5.23. The molecule has 0 fully saturated rings. The van der Waals surface area contributed by atoms with Gasteiger partial charge in [0.05, 0.1) is 6.33 Å². The number of nitrogens with zero attached hydrogens (tertiary/aromatic N) is 1. The minimum Gasteiger partial charge on any atom is -0.351 e. The third-order valence-electron chi connectivity index (χ3n) is 0.406. The van der Waals surface area contributed by atoms with Crippen molar-refractivity contribution in [3.05, 3.63) is 18.7 Å². The van der Waals surface area contributed by atoms with Gasteiger partial charge in [0.1, 0.15) is 0 Å². The summed E-state index contributed by atoms with van der Waals surface area (Å²) >= 11 is 0. The van der Waals surface area contributed by atoms with Crippen molar-refractivity contribution in [3.8, 4) is 0 Å². The lowest BCUT2D eigenvalue weighted by atomic mass is 10.3. The molecule has 0 aromatic carbocycles. The molecule has 0 radical (unpaired) electrons. The van der Waals surface area contributed by atoms with E-state index >= 15 is 0 Å². The Kier molecular flexibility index (Phi) is 13.9. The van der Waals surface area contributed by atoms with Gasteiger partial charge in [-0.05, 0) is 5.92 Å². The summed E-state index contributed by atoms with van der Waals surface area (Å²) in [6, 6.07) is 0. The molecule has 66 valence electrons. The molecule has 0 aliphatic carbocycles. The Morgan fingerprint density at radius 3 is 1.73 bits per heavy atom. The number of nitrogens with one attached hydrogen (secondary N) is 1. The summed E-state index contributed by atoms with van der Waals surface area (Å²) in [5.74, 6) is 0.833. The lowest BCUT2D eigenvalue weighted by Crippen LogP contribution is -1.66. The first kappa shape index (κ1) is 12.8. The molecule has 0 spiro atoms. The Morgan fingerprint density at radius 2 is 1.64 bits per heavy atom. The van der Waals surface area contributed by atoms with Gasteiger partial charge in [0.15, 0.2) is 0 Å². The smallest absolute Gasteiger partial charge is 0.0919 e. The van der Waals surface area contributed by atoms with Crippen LogP contribution in [0, 0.1) is 5.92 Å². The van der Waals surface area contributed by atoms with Gasteiger partial charge in [-0.3, -0.25) is 0 Å². The summed E-state index contributed by atoms with van der Waals surface area (Å²) < 4.78 is 0. The van der Waals surface area contributed by atoms with Gasteiger partial charge < -0.3 is 4.98 Å². The van der Waals surface area contributed by atoms with Crippen LogP contribution in [0.25, 0.3) is 0 Å². The Hall–Kier alpha value is -0.790. The van der Waals surface area contributed by atoms with Gasteiger partial charge in [0, 0.05) is 12.4 Å². The van der Waals surface area contributed by atoms with Crippen LogP contribution in [0.2, 0.25) is 0 Å². The number of H-pyrrole nitrogens is 1. The average molecular weight is 156 g/mol. The molecule has 0 unspecified atom stereocenters. The highest BCUT2D eigenvalue weighted by atomic mass is 14.8. The maximum Gasteiger partial charge on any atom is 0.0919 e. The summed E-state index contributed by atoms with van der Waals surface area (Å²) in [6.45, 7) is 10.5. The van der Waals surface area contributed by atoms with E-state index in [0.29, 0.717) is 0 Å². The first-order valence-corrected chi connectivity index (χ1v) is 4.16. The van der Waals surface area contributed by atoms with Crippen molar-refractivity contribution in [1.29, 1.82) is 0 Å². The van der Waals surface area contributed by atoms with Crippen LogP contribution in [0.3, 0.4) is 0 Å². The van der Waals surface area contributed by atoms with E-state index in [2.05, 4.69) is 30.7 Å². The van der Waals surface area contributed by atoms with Crippen LogP contribution in [0.5, 0.6) is 0 Å². The molecule has 0 aliphatic rings. The number of hydrogen-bond donors (Lipinski definition) is 1. The molecule has 1 aromatic rings. The van der Waals surface area contributed by atoms with Crippen molar-refractivity contribution in [2.75, 3.05) is 0 Å². The first-order valence-electron chi connectivity index (χ1n) is 4.16. The van der Waals surface area contributed by atoms with Crippen molar-refractivity contribution in [1.82, 2.24) is 9.97 Å². The van der Waals surface area contributed by atoms with Crippen LogP contribution in [0.4, 0.5) is 0 Å². The molecule has 0 saturated carbocycles. The second kappa shape index (κ2) is 11.9. The number of aromatic nitrogens is 2. The van der Waals surface area contributed by atoms with Gasteiger partial charge in [0.25, 0.3) is 0 Å². The standard InChI is InChI=1S/C4H10.C3H4N2.C2H6/c1-4(2)3;1-2-5-3-4-1;1-2/h4H,1-3H3;1-3H,(H,4,5);1-2H3. The van der Waals surface area contributed by atoms with Crippen LogP contribution in [-0.4, -0.2) is 9.97 Å². The molecule has 1 N–H and O–H groups in total. The highest BCUT2D eigenvalue weighted by Crippen LogP contribution is 1.81. The Balaban J connectivity index is 0. The van der Waals surface area contributed by atoms with Crippen molar-refractivity contribution in [3.63, 3.8) is 0 Å². The fourth-order valence-electron chi connectivity index (χ4n) is 0.215. The molecule has 2 nitrogen and oxygen atoms in total. The summed E-state index contributed by atoms with van der Waals surface area (Å²) in [5.41, 5.74) is 0. The molecule has 1 aromatic heterocycles. The van der Waals surface area contributed by atoms with Gasteiger partial charge in [-0.1, -0.05) is 34.6 Å². The van der Waals surface area contributed by atoms with Crippen molar-refractivity contribution in [2.45, 2.75) is 34.6 Å². The second-order valence-corrected chi connectivity index (χ2v) is 2.49. The Morgan fingerprint density at radius 1 is 1.18 bits per heavy atom. The highest BCUT2D eigenvalue weighted by molar-refractivity contribution is 4.64. The molecule has 1 heterocycles. The second-order valence-electron chi connectivity index (χ2n) is 2.49. The number of imidazole rings is 1. The van der Waals surface area contributed by atoms with Crippen molar-refractivity contribution >= 4 is 0 Å². The highest BCUT2D eigenvalue weighted by Gasteiger charge is 1.68. The summed E-state index contributed by atoms with van der Waals surface area (Å²) in [6.07, 6.45) is 5.08. The maximum absolute atomic E-state index is 3.67. The van der Waals surface area contributed by atoms with E-state index in [4.69, 9.17) is 0 Å². The zero-order valence-electron chi connectivity index (χ0n) is 8.26. The third kappa shape index (κ3) is 27.0. The van der Waals surface area contributed by atoms with Crippen molar-refractivity contribution in [2.24, 2.45) is 5.92 Å². The van der Waals surface area contributed by atoms with E-state index in [-0.39, 0.29) is 0 Å². The molecule has 0 bridgehead atoms. The molecule has 2 heteroatoms. The molecule has 0 aliphatic heterocycles. The zero-order valence-corrected chi connectivity index (χ0v) is 8.26. The molecule has 0 atom stereocenters. The number of aromatic amines is 1. The lowest BCUT2D eigenvalue weighted by molar-refractivity contribution is 0.737. The van der Waals surface area contributed by atoms with Gasteiger partial charge in [-0.2, -0.15) is 0 Å². The fraction of sp³-hybridized carbons (Fsp3) is 0.667. The predicted molar refractivity (Wildman–Crippen MR) is 50.4 cm³/mol. The van der Waals surface area contributed by atoms with Gasteiger partial charge in [0.2, 0.25) is 0 Å². The van der Waals surface area contributed by atoms with E-state index in [9.17, 15) is 0 Å². The molecule has 1 rings (SSSR count). The normalized spacial score (nSPS) is 7.45. The third-order valence-corrected chi connectivity index (χ3v) is 0.406. The van der Waals surface area contributed by atoms with Crippen LogP contribution in [0.1, 0.15) is 34.6 Å². The van der Waals surface area contributed by atoms with Gasteiger partial charge in [-0.25, -0.2) is 4.98 Å².